The van der Waals surface area contributed by atoms with Gasteiger partial charge in [-0.25, -0.2) is 0 Å². The molecule has 0 heterocycles. The number of Topliss-reactive ketones (excluding diaryl/α,β-unsaturated/α-hetero) is 1. The number of hydrogen-bond acceptors (Lipinski definition) is 3. The maximum atomic E-state index is 12.4. The molecule has 1 aliphatic rings. The van der Waals surface area contributed by atoms with Crippen LogP contribution < -0.4 is 0 Å². The Kier molecular flexibility index (Phi) is 5.63. The van der Waals surface area contributed by atoms with Crippen molar-refractivity contribution < 1.29 is 4.79 Å². The van der Waals surface area contributed by atoms with Crippen LogP contribution in [0.3, 0.4) is 0 Å². The molecule has 1 nitrogen and oxygen atoms in total. The molecule has 1 saturated carbocycles. The van der Waals surface area contributed by atoms with Crippen molar-refractivity contribution in [3.8, 4) is 0 Å². The van der Waals surface area contributed by atoms with Crippen molar-refractivity contribution in [2.75, 3.05) is 0 Å². The molecule has 3 heteroatoms. The zero-order chi connectivity index (χ0) is 16.1. The van der Waals surface area contributed by atoms with Crippen molar-refractivity contribution in [1.29, 1.82) is 0 Å². The van der Waals surface area contributed by atoms with Crippen molar-refractivity contribution in [3.63, 3.8) is 0 Å². The second-order valence-electron chi connectivity index (χ2n) is 5.78. The van der Waals surface area contributed by atoms with Gasteiger partial charge >= 0.3 is 0 Å². The Morgan fingerprint density at radius 1 is 0.913 bits per heavy atom. The first-order valence-corrected chi connectivity index (χ1v) is 10.1. The largest absolute Gasteiger partial charge is 0.295 e. The first-order chi connectivity index (χ1) is 11.2. The molecule has 1 aliphatic carbocycles. The standard InChI is InChI=1S/C20H20OS2/c1-15-11-13-16(14-12-15)20(18-9-5-6-10-19(18)21)23-22-17-7-3-2-4-8-17/h2-4,7-8,11-14H,5-6,9-10H2,1H3/b20-18-. The minimum atomic E-state index is 0.327. The van der Waals surface area contributed by atoms with Gasteiger partial charge < -0.3 is 0 Å². The number of rotatable bonds is 4. The average Bonchev–Trinajstić information content (AvgIpc) is 2.59. The number of hydrogen-bond donors (Lipinski definition) is 0. The predicted octanol–water partition coefficient (Wildman–Crippen LogP) is 6.29. The Morgan fingerprint density at radius 3 is 2.30 bits per heavy atom. The summed E-state index contributed by atoms with van der Waals surface area (Å²) in [7, 11) is 3.45. The van der Waals surface area contributed by atoms with Crippen molar-refractivity contribution in [2.45, 2.75) is 37.5 Å². The predicted molar refractivity (Wildman–Crippen MR) is 101 cm³/mol. The van der Waals surface area contributed by atoms with E-state index in [-0.39, 0.29) is 0 Å². The van der Waals surface area contributed by atoms with E-state index >= 15 is 0 Å². The third kappa shape index (κ3) is 4.30. The van der Waals surface area contributed by atoms with Gasteiger partial charge in [0.25, 0.3) is 0 Å². The second kappa shape index (κ2) is 7.89. The second-order valence-corrected chi connectivity index (χ2v) is 8.00. The number of ketones is 1. The van der Waals surface area contributed by atoms with Gasteiger partial charge in [-0.3, -0.25) is 4.79 Å². The van der Waals surface area contributed by atoms with E-state index in [0.29, 0.717) is 12.2 Å². The van der Waals surface area contributed by atoms with Gasteiger partial charge in [-0.15, -0.1) is 0 Å². The molecule has 0 bridgehead atoms. The van der Waals surface area contributed by atoms with Crippen LogP contribution in [0.1, 0.15) is 36.8 Å². The molecule has 0 aromatic heterocycles. The third-order valence-electron chi connectivity index (χ3n) is 3.97. The molecule has 118 valence electrons. The zero-order valence-electron chi connectivity index (χ0n) is 13.2. The fourth-order valence-corrected chi connectivity index (χ4v) is 5.12. The molecule has 23 heavy (non-hydrogen) atoms. The van der Waals surface area contributed by atoms with E-state index in [9.17, 15) is 4.79 Å². The van der Waals surface area contributed by atoms with Gasteiger partial charge in [0.05, 0.1) is 0 Å². The van der Waals surface area contributed by atoms with Crippen LogP contribution in [0, 0.1) is 6.92 Å². The molecular formula is C20H20OS2. The first kappa shape index (κ1) is 16.4. The maximum Gasteiger partial charge on any atom is 0.160 e. The molecule has 2 aromatic carbocycles. The molecule has 0 spiro atoms. The lowest BCUT2D eigenvalue weighted by atomic mass is 9.92. The number of allylic oxidation sites excluding steroid dienone is 1. The van der Waals surface area contributed by atoms with Crippen molar-refractivity contribution in [1.82, 2.24) is 0 Å². The SMILES string of the molecule is Cc1ccc(/C(SSc2ccccc2)=C2\CCCCC2=O)cc1. The number of carbonyl (C=O) groups is 1. The normalized spacial score (nSPS) is 17.2. The van der Waals surface area contributed by atoms with E-state index in [2.05, 4.69) is 43.3 Å². The van der Waals surface area contributed by atoms with E-state index in [1.165, 1.54) is 10.5 Å². The van der Waals surface area contributed by atoms with Crippen molar-refractivity contribution >= 4 is 32.3 Å². The topological polar surface area (TPSA) is 17.1 Å². The Morgan fingerprint density at radius 2 is 1.61 bits per heavy atom. The summed E-state index contributed by atoms with van der Waals surface area (Å²) < 4.78 is 0. The molecule has 2 aromatic rings. The summed E-state index contributed by atoms with van der Waals surface area (Å²) in [6, 6.07) is 18.9. The Hall–Kier alpha value is -1.45. The minimum Gasteiger partial charge on any atom is -0.295 e. The molecule has 1 fully saturated rings. The molecule has 0 N–H and O–H groups in total. The molecule has 0 radical (unpaired) electrons. The van der Waals surface area contributed by atoms with Gasteiger partial charge in [-0.2, -0.15) is 0 Å². The molecule has 0 saturated heterocycles. The molecule has 0 atom stereocenters. The minimum absolute atomic E-state index is 0.327. The fraction of sp³-hybridized carbons (Fsp3) is 0.250. The lowest BCUT2D eigenvalue weighted by Crippen LogP contribution is -2.10. The van der Waals surface area contributed by atoms with Crippen LogP contribution in [-0.2, 0) is 4.79 Å². The smallest absolute Gasteiger partial charge is 0.160 e. The van der Waals surface area contributed by atoms with Gasteiger partial charge in [0.2, 0.25) is 0 Å². The van der Waals surface area contributed by atoms with Crippen LogP contribution in [-0.4, -0.2) is 5.78 Å². The van der Waals surface area contributed by atoms with Crippen LogP contribution in [0.25, 0.3) is 4.91 Å². The van der Waals surface area contributed by atoms with Crippen LogP contribution >= 0.6 is 21.6 Å². The molecular weight excluding hydrogens is 320 g/mol. The van der Waals surface area contributed by atoms with Crippen LogP contribution in [0.15, 0.2) is 65.1 Å². The lowest BCUT2D eigenvalue weighted by Gasteiger charge is -2.18. The Balaban J connectivity index is 1.91. The lowest BCUT2D eigenvalue weighted by molar-refractivity contribution is -0.116. The van der Waals surface area contributed by atoms with Crippen LogP contribution in [0.4, 0.5) is 0 Å². The molecule has 0 aliphatic heterocycles. The summed E-state index contributed by atoms with van der Waals surface area (Å²) in [5.41, 5.74) is 3.43. The van der Waals surface area contributed by atoms with E-state index in [4.69, 9.17) is 0 Å². The van der Waals surface area contributed by atoms with Gasteiger partial charge in [-0.05, 0) is 43.9 Å². The van der Waals surface area contributed by atoms with Crippen molar-refractivity contribution in [3.05, 3.63) is 71.3 Å². The highest BCUT2D eigenvalue weighted by Crippen LogP contribution is 2.45. The third-order valence-corrected chi connectivity index (χ3v) is 6.49. The Bertz CT molecular complexity index is 702. The molecule has 3 rings (SSSR count). The summed E-state index contributed by atoms with van der Waals surface area (Å²) in [5.74, 6) is 0.327. The summed E-state index contributed by atoms with van der Waals surface area (Å²) in [4.78, 5) is 14.8. The van der Waals surface area contributed by atoms with E-state index < -0.39 is 0 Å². The number of aryl methyl sites for hydroxylation is 1. The molecule has 0 amide bonds. The summed E-state index contributed by atoms with van der Waals surface area (Å²) >= 11 is 0. The quantitative estimate of drug-likeness (QED) is 0.481. The highest BCUT2D eigenvalue weighted by Gasteiger charge is 2.21. The zero-order valence-corrected chi connectivity index (χ0v) is 14.9. The van der Waals surface area contributed by atoms with Gasteiger partial charge in [-0.1, -0.05) is 69.6 Å². The number of benzene rings is 2. The van der Waals surface area contributed by atoms with Crippen LogP contribution in [0.5, 0.6) is 0 Å². The summed E-state index contributed by atoms with van der Waals surface area (Å²) in [6.07, 6.45) is 3.75. The monoisotopic (exact) mass is 340 g/mol. The number of carbonyl (C=O) groups excluding carboxylic acids is 1. The van der Waals surface area contributed by atoms with E-state index in [1.54, 1.807) is 21.6 Å². The highest BCUT2D eigenvalue weighted by molar-refractivity contribution is 8.80. The fourth-order valence-electron chi connectivity index (χ4n) is 2.66. The maximum absolute atomic E-state index is 12.4. The van der Waals surface area contributed by atoms with E-state index in [0.717, 1.165) is 35.3 Å². The van der Waals surface area contributed by atoms with Gasteiger partial charge in [0, 0.05) is 21.8 Å². The van der Waals surface area contributed by atoms with E-state index in [1.807, 2.05) is 18.2 Å². The van der Waals surface area contributed by atoms with Crippen LogP contribution in [0.2, 0.25) is 0 Å². The van der Waals surface area contributed by atoms with Gasteiger partial charge in [0.15, 0.2) is 5.78 Å². The average molecular weight is 341 g/mol. The van der Waals surface area contributed by atoms with Crippen molar-refractivity contribution in [2.24, 2.45) is 0 Å². The first-order valence-electron chi connectivity index (χ1n) is 7.97. The Labute approximate surface area is 146 Å². The molecule has 0 unspecified atom stereocenters. The summed E-state index contributed by atoms with van der Waals surface area (Å²) in [6.45, 7) is 2.09. The highest BCUT2D eigenvalue weighted by atomic mass is 33.1. The summed E-state index contributed by atoms with van der Waals surface area (Å²) in [5, 5.41) is 0. The van der Waals surface area contributed by atoms with Gasteiger partial charge in [0.1, 0.15) is 0 Å².